The van der Waals surface area contributed by atoms with Crippen LogP contribution >= 0.6 is 39.9 Å². The maximum Gasteiger partial charge on any atom is 0.266 e. The third-order valence-corrected chi connectivity index (χ3v) is 5.89. The third kappa shape index (κ3) is 4.74. The number of rotatable bonds is 7. The number of thioether (sulfide) groups is 1. The molecule has 28 heavy (non-hydrogen) atoms. The fraction of sp³-hybridized carbons (Fsp3) is 0.250. The van der Waals surface area contributed by atoms with Crippen molar-refractivity contribution in [2.75, 3.05) is 13.2 Å². The van der Waals surface area contributed by atoms with Crippen LogP contribution in [-0.4, -0.2) is 33.3 Å². The van der Waals surface area contributed by atoms with Crippen molar-refractivity contribution in [3.63, 3.8) is 0 Å². The van der Waals surface area contributed by atoms with Gasteiger partial charge in [-0.2, -0.15) is 0 Å². The molecular weight excluding hydrogens is 460 g/mol. The molecule has 146 valence electrons. The van der Waals surface area contributed by atoms with Gasteiger partial charge in [0.15, 0.2) is 0 Å². The van der Waals surface area contributed by atoms with Crippen molar-refractivity contribution in [2.24, 2.45) is 0 Å². The van der Waals surface area contributed by atoms with Gasteiger partial charge < -0.3 is 9.47 Å². The van der Waals surface area contributed by atoms with E-state index in [1.54, 1.807) is 17.3 Å². The van der Waals surface area contributed by atoms with Crippen molar-refractivity contribution in [3.05, 3.63) is 57.2 Å². The molecule has 1 aromatic carbocycles. The molecule has 2 aromatic rings. The quantitative estimate of drug-likeness (QED) is 0.410. The predicted octanol–water partition coefficient (Wildman–Crippen LogP) is 5.04. The molecule has 3 rings (SSSR count). The molecular formula is C20H19BrN2O3S2. The maximum absolute atomic E-state index is 12.9. The lowest BCUT2D eigenvalue weighted by Crippen LogP contribution is -2.27. The van der Waals surface area contributed by atoms with Crippen molar-refractivity contribution in [2.45, 2.75) is 20.4 Å². The summed E-state index contributed by atoms with van der Waals surface area (Å²) in [5.41, 5.74) is 1.72. The van der Waals surface area contributed by atoms with Crippen LogP contribution in [0, 0.1) is 0 Å². The van der Waals surface area contributed by atoms with Gasteiger partial charge in [0, 0.05) is 24.0 Å². The van der Waals surface area contributed by atoms with Crippen LogP contribution in [0.2, 0.25) is 0 Å². The molecule has 8 heteroatoms. The molecule has 0 radical (unpaired) electrons. The van der Waals surface area contributed by atoms with Gasteiger partial charge in [0.25, 0.3) is 5.91 Å². The maximum atomic E-state index is 12.9. The SMILES string of the molecule is CCOc1cc(OCC)c(C=C2SC(=S)N(Cc3cccnc3)C2=O)cc1Br. The standard InChI is InChI=1S/C20H19BrN2O3S2/c1-3-25-16-10-17(26-4-2)15(21)8-14(16)9-18-19(24)23(20(27)28-18)12-13-6-5-7-22-11-13/h5-11H,3-4,12H2,1-2H3. The normalized spacial score (nSPS) is 15.4. The Morgan fingerprint density at radius 1 is 1.25 bits per heavy atom. The lowest BCUT2D eigenvalue weighted by atomic mass is 10.1. The molecule has 0 spiro atoms. The van der Waals surface area contributed by atoms with Gasteiger partial charge in [-0.3, -0.25) is 14.7 Å². The molecule has 1 fully saturated rings. The molecule has 1 amide bonds. The first kappa shape index (κ1) is 20.8. The Morgan fingerprint density at radius 2 is 2.00 bits per heavy atom. The number of aromatic nitrogens is 1. The van der Waals surface area contributed by atoms with E-state index in [0.717, 1.165) is 15.6 Å². The smallest absolute Gasteiger partial charge is 0.266 e. The van der Waals surface area contributed by atoms with E-state index >= 15 is 0 Å². The highest BCUT2D eigenvalue weighted by atomic mass is 79.9. The van der Waals surface area contributed by atoms with Gasteiger partial charge >= 0.3 is 0 Å². The Morgan fingerprint density at radius 3 is 2.68 bits per heavy atom. The van der Waals surface area contributed by atoms with Crippen LogP contribution in [0.4, 0.5) is 0 Å². The Bertz CT molecular complexity index is 919. The van der Waals surface area contributed by atoms with E-state index in [1.807, 2.05) is 44.2 Å². The van der Waals surface area contributed by atoms with Gasteiger partial charge in [0.1, 0.15) is 15.8 Å². The molecule has 2 heterocycles. The van der Waals surface area contributed by atoms with Crippen LogP contribution in [-0.2, 0) is 11.3 Å². The first-order chi connectivity index (χ1) is 13.5. The average molecular weight is 479 g/mol. The monoisotopic (exact) mass is 478 g/mol. The molecule has 0 N–H and O–H groups in total. The van der Waals surface area contributed by atoms with Crippen molar-refractivity contribution < 1.29 is 14.3 Å². The van der Waals surface area contributed by atoms with Gasteiger partial charge in [0.05, 0.1) is 29.1 Å². The van der Waals surface area contributed by atoms with E-state index in [-0.39, 0.29) is 5.91 Å². The predicted molar refractivity (Wildman–Crippen MR) is 119 cm³/mol. The number of hydrogen-bond donors (Lipinski definition) is 0. The number of ether oxygens (including phenoxy) is 2. The lowest BCUT2D eigenvalue weighted by molar-refractivity contribution is -0.122. The summed E-state index contributed by atoms with van der Waals surface area (Å²) in [6.07, 6.45) is 5.25. The first-order valence-electron chi connectivity index (χ1n) is 8.76. The third-order valence-electron chi connectivity index (χ3n) is 3.89. The summed E-state index contributed by atoms with van der Waals surface area (Å²) in [6, 6.07) is 7.49. The van der Waals surface area contributed by atoms with Crippen LogP contribution in [0.25, 0.3) is 6.08 Å². The molecule has 5 nitrogen and oxygen atoms in total. The summed E-state index contributed by atoms with van der Waals surface area (Å²) in [4.78, 5) is 19.1. The van der Waals surface area contributed by atoms with Gasteiger partial charge in [-0.15, -0.1) is 0 Å². The van der Waals surface area contributed by atoms with E-state index in [0.29, 0.717) is 40.5 Å². The fourth-order valence-corrected chi connectivity index (χ4v) is 4.38. The second-order valence-corrected chi connectivity index (χ2v) is 8.35. The molecule has 0 bridgehead atoms. The first-order valence-corrected chi connectivity index (χ1v) is 10.8. The topological polar surface area (TPSA) is 51.7 Å². The number of thiocarbonyl (C=S) groups is 1. The van der Waals surface area contributed by atoms with Crippen LogP contribution in [0.1, 0.15) is 25.0 Å². The van der Waals surface area contributed by atoms with Crippen molar-refractivity contribution in [1.29, 1.82) is 0 Å². The number of benzene rings is 1. The summed E-state index contributed by atoms with van der Waals surface area (Å²) >= 11 is 10.2. The highest BCUT2D eigenvalue weighted by Gasteiger charge is 2.32. The van der Waals surface area contributed by atoms with Crippen molar-refractivity contribution in [3.8, 4) is 11.5 Å². The summed E-state index contributed by atoms with van der Waals surface area (Å²) in [5, 5.41) is 0. The fourth-order valence-electron chi connectivity index (χ4n) is 2.66. The molecule has 1 aromatic heterocycles. The van der Waals surface area contributed by atoms with E-state index in [4.69, 9.17) is 21.7 Å². The van der Waals surface area contributed by atoms with E-state index in [2.05, 4.69) is 20.9 Å². The zero-order valence-corrected chi connectivity index (χ0v) is 18.7. The van der Waals surface area contributed by atoms with Crippen LogP contribution in [0.3, 0.4) is 0 Å². The molecule has 1 saturated heterocycles. The molecule has 0 atom stereocenters. The van der Waals surface area contributed by atoms with E-state index in [1.165, 1.54) is 11.8 Å². The van der Waals surface area contributed by atoms with Gasteiger partial charge in [-0.25, -0.2) is 0 Å². The van der Waals surface area contributed by atoms with Crippen LogP contribution in [0.15, 0.2) is 46.0 Å². The molecule has 1 aliphatic rings. The summed E-state index contributed by atoms with van der Waals surface area (Å²) in [5.74, 6) is 1.24. The second-order valence-electron chi connectivity index (χ2n) is 5.82. The average Bonchev–Trinajstić information content (AvgIpc) is 2.94. The largest absolute Gasteiger partial charge is 0.493 e. The molecule has 0 unspecified atom stereocenters. The summed E-state index contributed by atoms with van der Waals surface area (Å²) in [7, 11) is 0. The van der Waals surface area contributed by atoms with E-state index < -0.39 is 0 Å². The number of carbonyl (C=O) groups is 1. The van der Waals surface area contributed by atoms with Crippen molar-refractivity contribution >= 4 is 56.2 Å². The lowest BCUT2D eigenvalue weighted by Gasteiger charge is -2.14. The van der Waals surface area contributed by atoms with Crippen molar-refractivity contribution in [1.82, 2.24) is 9.88 Å². The number of pyridine rings is 1. The number of nitrogens with zero attached hydrogens (tertiary/aromatic N) is 2. The van der Waals surface area contributed by atoms with Crippen LogP contribution in [0.5, 0.6) is 11.5 Å². The molecule has 1 aliphatic heterocycles. The number of amides is 1. The van der Waals surface area contributed by atoms with Gasteiger partial charge in [0.2, 0.25) is 0 Å². The highest BCUT2D eigenvalue weighted by Crippen LogP contribution is 2.38. The Hall–Kier alpha value is -1.90. The Labute approximate surface area is 182 Å². The zero-order chi connectivity index (χ0) is 20.1. The Balaban J connectivity index is 1.89. The zero-order valence-electron chi connectivity index (χ0n) is 15.5. The summed E-state index contributed by atoms with van der Waals surface area (Å²) in [6.45, 7) is 5.31. The Kier molecular flexibility index (Phi) is 7.09. The number of carbonyl (C=O) groups excluding carboxylic acids is 1. The van der Waals surface area contributed by atoms with Crippen LogP contribution < -0.4 is 9.47 Å². The number of halogens is 1. The molecule has 0 saturated carbocycles. The van der Waals surface area contributed by atoms with Gasteiger partial charge in [-0.1, -0.05) is 30.0 Å². The highest BCUT2D eigenvalue weighted by molar-refractivity contribution is 9.10. The minimum absolute atomic E-state index is 0.119. The number of hydrogen-bond acceptors (Lipinski definition) is 6. The molecule has 0 aliphatic carbocycles. The van der Waals surface area contributed by atoms with E-state index in [9.17, 15) is 4.79 Å². The minimum atomic E-state index is -0.119. The second kappa shape index (κ2) is 9.54. The summed E-state index contributed by atoms with van der Waals surface area (Å²) < 4.78 is 12.7. The minimum Gasteiger partial charge on any atom is -0.493 e. The van der Waals surface area contributed by atoms with Gasteiger partial charge in [-0.05, 0) is 53.5 Å².